The van der Waals surface area contributed by atoms with Gasteiger partial charge in [0.2, 0.25) is 0 Å². The summed E-state index contributed by atoms with van der Waals surface area (Å²) in [6.07, 6.45) is 0.295. The van der Waals surface area contributed by atoms with Crippen molar-refractivity contribution in [3.05, 3.63) is 75.8 Å². The Kier molecular flexibility index (Phi) is 5.51. The molecule has 0 aliphatic heterocycles. The first-order valence-corrected chi connectivity index (χ1v) is 8.28. The summed E-state index contributed by atoms with van der Waals surface area (Å²) in [6, 6.07) is 10.2. The molecule has 1 amide bonds. The van der Waals surface area contributed by atoms with Crippen LogP contribution in [-0.4, -0.2) is 32.6 Å². The molecule has 0 bridgehead atoms. The summed E-state index contributed by atoms with van der Waals surface area (Å²) in [7, 11) is 0. The Bertz CT molecular complexity index is 911. The molecule has 2 aromatic carbocycles. The quantitative estimate of drug-likeness (QED) is 0.696. The van der Waals surface area contributed by atoms with Gasteiger partial charge in [-0.15, -0.1) is 5.10 Å². The number of benzene rings is 2. The van der Waals surface area contributed by atoms with Crippen molar-refractivity contribution in [2.45, 2.75) is 6.10 Å². The number of aliphatic hydroxyl groups excluding tert-OH is 1. The molecule has 0 saturated carbocycles. The fourth-order valence-corrected chi connectivity index (χ4v) is 2.77. The van der Waals surface area contributed by atoms with E-state index in [4.69, 9.17) is 23.2 Å². The van der Waals surface area contributed by atoms with Crippen LogP contribution in [-0.2, 0) is 0 Å². The first-order valence-electron chi connectivity index (χ1n) is 7.53. The Hall–Kier alpha value is -2.48. The second-order valence-electron chi connectivity index (χ2n) is 5.42. The SMILES string of the molecule is O=C(NC[C@@H](O)c1cc(Cl)cc(Cl)c1)c1cnn(-c2ccc(F)cc2)n1. The molecule has 3 rings (SSSR count). The van der Waals surface area contributed by atoms with Crippen molar-refractivity contribution in [2.75, 3.05) is 6.54 Å². The topological polar surface area (TPSA) is 80.0 Å². The van der Waals surface area contributed by atoms with E-state index in [2.05, 4.69) is 15.5 Å². The Morgan fingerprint density at radius 1 is 1.19 bits per heavy atom. The lowest BCUT2D eigenvalue weighted by atomic mass is 10.1. The van der Waals surface area contributed by atoms with Gasteiger partial charge in [-0.3, -0.25) is 4.79 Å². The summed E-state index contributed by atoms with van der Waals surface area (Å²) >= 11 is 11.8. The minimum absolute atomic E-state index is 0.0566. The molecule has 0 unspecified atom stereocenters. The highest BCUT2D eigenvalue weighted by molar-refractivity contribution is 6.34. The molecule has 6 nitrogen and oxygen atoms in total. The molecule has 0 fully saturated rings. The summed E-state index contributed by atoms with van der Waals surface area (Å²) in [6.45, 7) is -0.0566. The minimum atomic E-state index is -0.984. The summed E-state index contributed by atoms with van der Waals surface area (Å²) < 4.78 is 12.9. The lowest BCUT2D eigenvalue weighted by Crippen LogP contribution is -2.28. The maximum Gasteiger partial charge on any atom is 0.273 e. The fourth-order valence-electron chi connectivity index (χ4n) is 2.23. The first kappa shape index (κ1) is 18.3. The second-order valence-corrected chi connectivity index (χ2v) is 6.30. The zero-order valence-corrected chi connectivity index (χ0v) is 14.7. The van der Waals surface area contributed by atoms with Gasteiger partial charge in [-0.2, -0.15) is 9.90 Å². The van der Waals surface area contributed by atoms with Gasteiger partial charge in [0.1, 0.15) is 5.82 Å². The van der Waals surface area contributed by atoms with E-state index in [0.29, 0.717) is 21.3 Å². The van der Waals surface area contributed by atoms with E-state index in [0.717, 1.165) is 0 Å². The lowest BCUT2D eigenvalue weighted by molar-refractivity contribution is 0.0911. The van der Waals surface area contributed by atoms with Gasteiger partial charge < -0.3 is 10.4 Å². The number of nitrogens with zero attached hydrogens (tertiary/aromatic N) is 3. The van der Waals surface area contributed by atoms with Crippen LogP contribution in [0.15, 0.2) is 48.7 Å². The van der Waals surface area contributed by atoms with Gasteiger partial charge in [0, 0.05) is 16.6 Å². The second kappa shape index (κ2) is 7.82. The molecule has 0 radical (unpaired) electrons. The number of hydrogen-bond acceptors (Lipinski definition) is 4. The van der Waals surface area contributed by atoms with Gasteiger partial charge in [0.15, 0.2) is 5.69 Å². The van der Waals surface area contributed by atoms with Gasteiger partial charge in [-0.05, 0) is 48.0 Å². The van der Waals surface area contributed by atoms with Gasteiger partial charge in [-0.25, -0.2) is 4.39 Å². The highest BCUT2D eigenvalue weighted by Gasteiger charge is 2.15. The fraction of sp³-hybridized carbons (Fsp3) is 0.118. The Labute approximate surface area is 158 Å². The highest BCUT2D eigenvalue weighted by Crippen LogP contribution is 2.23. The number of carbonyl (C=O) groups is 1. The number of carbonyl (C=O) groups excluding carboxylic acids is 1. The van der Waals surface area contributed by atoms with E-state index in [1.54, 1.807) is 18.2 Å². The standard InChI is InChI=1S/C17H13Cl2FN4O2/c18-11-5-10(6-12(19)7-11)16(25)9-21-17(26)15-8-22-24(23-15)14-3-1-13(20)2-4-14/h1-8,16,25H,9H2,(H,21,26)/t16-/m1/s1. The van der Waals surface area contributed by atoms with E-state index in [1.165, 1.54) is 35.3 Å². The van der Waals surface area contributed by atoms with E-state index < -0.39 is 12.0 Å². The average Bonchev–Trinajstić information content (AvgIpc) is 3.09. The van der Waals surface area contributed by atoms with E-state index in [9.17, 15) is 14.3 Å². The van der Waals surface area contributed by atoms with Gasteiger partial charge >= 0.3 is 0 Å². The van der Waals surface area contributed by atoms with Crippen LogP contribution >= 0.6 is 23.2 Å². The third-order valence-electron chi connectivity index (χ3n) is 3.51. The zero-order chi connectivity index (χ0) is 18.7. The van der Waals surface area contributed by atoms with Crippen molar-refractivity contribution in [3.8, 4) is 5.69 Å². The smallest absolute Gasteiger partial charge is 0.273 e. The van der Waals surface area contributed by atoms with Gasteiger partial charge in [0.25, 0.3) is 5.91 Å². The van der Waals surface area contributed by atoms with Crippen LogP contribution in [0.5, 0.6) is 0 Å². The lowest BCUT2D eigenvalue weighted by Gasteiger charge is -2.12. The third-order valence-corrected chi connectivity index (χ3v) is 3.94. The van der Waals surface area contributed by atoms with Crippen molar-refractivity contribution < 1.29 is 14.3 Å². The summed E-state index contributed by atoms with van der Waals surface area (Å²) in [5, 5.41) is 21.5. The Morgan fingerprint density at radius 2 is 1.85 bits per heavy atom. The molecule has 0 spiro atoms. The number of rotatable bonds is 5. The number of amides is 1. The average molecular weight is 395 g/mol. The molecule has 1 aromatic heterocycles. The number of aliphatic hydroxyl groups is 1. The van der Waals surface area contributed by atoms with Crippen LogP contribution in [0, 0.1) is 5.82 Å². The van der Waals surface area contributed by atoms with Crippen LogP contribution in [0.4, 0.5) is 4.39 Å². The highest BCUT2D eigenvalue weighted by atomic mass is 35.5. The van der Waals surface area contributed by atoms with Crippen LogP contribution in [0.25, 0.3) is 5.69 Å². The van der Waals surface area contributed by atoms with Crippen molar-refractivity contribution in [1.29, 1.82) is 0 Å². The summed E-state index contributed by atoms with van der Waals surface area (Å²) in [5.41, 5.74) is 1.06. The Morgan fingerprint density at radius 3 is 2.50 bits per heavy atom. The molecule has 0 aliphatic carbocycles. The molecule has 3 aromatic rings. The number of nitrogens with one attached hydrogen (secondary N) is 1. The third kappa shape index (κ3) is 4.37. The Balaban J connectivity index is 1.64. The van der Waals surface area contributed by atoms with Crippen molar-refractivity contribution in [2.24, 2.45) is 0 Å². The minimum Gasteiger partial charge on any atom is -0.387 e. The van der Waals surface area contributed by atoms with Crippen LogP contribution < -0.4 is 5.32 Å². The van der Waals surface area contributed by atoms with Crippen LogP contribution in [0.1, 0.15) is 22.2 Å². The molecule has 2 N–H and O–H groups in total. The first-order chi connectivity index (χ1) is 12.4. The molecular formula is C17H13Cl2FN4O2. The van der Waals surface area contributed by atoms with Crippen LogP contribution in [0.3, 0.4) is 0 Å². The predicted molar refractivity (Wildman–Crippen MR) is 95.1 cm³/mol. The normalized spacial score (nSPS) is 12.0. The molecule has 1 atom stereocenters. The van der Waals surface area contributed by atoms with Crippen molar-refractivity contribution >= 4 is 29.1 Å². The number of hydrogen-bond donors (Lipinski definition) is 2. The molecule has 0 aliphatic rings. The maximum absolute atomic E-state index is 12.9. The maximum atomic E-state index is 12.9. The predicted octanol–water partition coefficient (Wildman–Crippen LogP) is 3.18. The van der Waals surface area contributed by atoms with Gasteiger partial charge in [0.05, 0.1) is 18.0 Å². The monoisotopic (exact) mass is 394 g/mol. The van der Waals surface area contributed by atoms with Crippen LogP contribution in [0.2, 0.25) is 10.0 Å². The largest absolute Gasteiger partial charge is 0.387 e. The molecule has 26 heavy (non-hydrogen) atoms. The van der Waals surface area contributed by atoms with E-state index in [-0.39, 0.29) is 18.1 Å². The molecular weight excluding hydrogens is 382 g/mol. The summed E-state index contributed by atoms with van der Waals surface area (Å²) in [5.74, 6) is -0.889. The van der Waals surface area contributed by atoms with Gasteiger partial charge in [-0.1, -0.05) is 23.2 Å². The van der Waals surface area contributed by atoms with E-state index in [1.807, 2.05) is 0 Å². The number of halogens is 3. The van der Waals surface area contributed by atoms with Crippen molar-refractivity contribution in [1.82, 2.24) is 20.3 Å². The molecule has 9 heteroatoms. The zero-order valence-electron chi connectivity index (χ0n) is 13.2. The van der Waals surface area contributed by atoms with E-state index >= 15 is 0 Å². The molecule has 134 valence electrons. The molecule has 1 heterocycles. The summed E-state index contributed by atoms with van der Waals surface area (Å²) in [4.78, 5) is 13.4. The number of aromatic nitrogens is 3. The van der Waals surface area contributed by atoms with Crippen molar-refractivity contribution in [3.63, 3.8) is 0 Å². The molecule has 0 saturated heterocycles.